The number of aryl methyl sites for hydroxylation is 1. The van der Waals surface area contributed by atoms with Crippen molar-refractivity contribution in [2.24, 2.45) is 0 Å². The summed E-state index contributed by atoms with van der Waals surface area (Å²) in [5, 5.41) is 3.46. The second-order valence-corrected chi connectivity index (χ2v) is 5.55. The van der Waals surface area contributed by atoms with Crippen molar-refractivity contribution in [3.8, 4) is 0 Å². The van der Waals surface area contributed by atoms with Crippen molar-refractivity contribution in [1.82, 2.24) is 5.32 Å². The maximum absolute atomic E-state index is 13.0. The van der Waals surface area contributed by atoms with Crippen LogP contribution >= 0.6 is 15.9 Å². The molecular formula is C16H17BrFN. The first kappa shape index (κ1) is 14.2. The molecule has 0 amide bonds. The molecule has 0 aliphatic rings. The molecule has 19 heavy (non-hydrogen) atoms. The molecule has 0 bridgehead atoms. The van der Waals surface area contributed by atoms with Crippen LogP contribution in [0.4, 0.5) is 4.39 Å². The molecule has 3 heteroatoms. The molecule has 1 atom stereocenters. The molecule has 0 aliphatic carbocycles. The van der Waals surface area contributed by atoms with Crippen LogP contribution in [0.3, 0.4) is 0 Å². The largest absolute Gasteiger partial charge is 0.306 e. The van der Waals surface area contributed by atoms with E-state index >= 15 is 0 Å². The fourth-order valence-corrected chi connectivity index (χ4v) is 2.60. The Morgan fingerprint density at radius 3 is 2.63 bits per heavy atom. The molecule has 0 aromatic heterocycles. The second-order valence-electron chi connectivity index (χ2n) is 4.69. The molecule has 0 saturated carbocycles. The van der Waals surface area contributed by atoms with Gasteiger partial charge in [-0.15, -0.1) is 0 Å². The number of hydrogen-bond acceptors (Lipinski definition) is 1. The lowest BCUT2D eigenvalue weighted by Crippen LogP contribution is -2.19. The molecular weight excluding hydrogens is 305 g/mol. The summed E-state index contributed by atoms with van der Waals surface area (Å²) in [5.74, 6) is -0.220. The molecule has 0 spiro atoms. The van der Waals surface area contributed by atoms with Crippen molar-refractivity contribution in [2.45, 2.75) is 26.4 Å². The lowest BCUT2D eigenvalue weighted by Gasteiger charge is -2.17. The summed E-state index contributed by atoms with van der Waals surface area (Å²) in [6.45, 7) is 4.96. The van der Waals surface area contributed by atoms with Gasteiger partial charge in [0.25, 0.3) is 0 Å². The summed E-state index contributed by atoms with van der Waals surface area (Å²) >= 11 is 3.39. The predicted octanol–water partition coefficient (Wildman–Crippen LogP) is 4.75. The highest BCUT2D eigenvalue weighted by atomic mass is 79.9. The van der Waals surface area contributed by atoms with Crippen molar-refractivity contribution in [3.63, 3.8) is 0 Å². The highest BCUT2D eigenvalue weighted by Crippen LogP contribution is 2.21. The minimum Gasteiger partial charge on any atom is -0.306 e. The SMILES string of the molecule is Cc1ccccc1[C@@H](C)NCc1ccc(F)cc1Br. The molecule has 0 fully saturated rings. The van der Waals surface area contributed by atoms with Gasteiger partial charge in [0.2, 0.25) is 0 Å². The zero-order valence-electron chi connectivity index (χ0n) is 11.1. The quantitative estimate of drug-likeness (QED) is 0.857. The second kappa shape index (κ2) is 6.31. The van der Waals surface area contributed by atoms with E-state index < -0.39 is 0 Å². The van der Waals surface area contributed by atoms with Gasteiger partial charge in [0.05, 0.1) is 0 Å². The van der Waals surface area contributed by atoms with Crippen LogP contribution in [-0.4, -0.2) is 0 Å². The number of nitrogens with one attached hydrogen (secondary N) is 1. The van der Waals surface area contributed by atoms with Crippen LogP contribution in [0.15, 0.2) is 46.9 Å². The van der Waals surface area contributed by atoms with E-state index in [-0.39, 0.29) is 11.9 Å². The van der Waals surface area contributed by atoms with Crippen LogP contribution in [0.2, 0.25) is 0 Å². The molecule has 0 heterocycles. The van der Waals surface area contributed by atoms with Gasteiger partial charge in [0.1, 0.15) is 5.82 Å². The van der Waals surface area contributed by atoms with Gasteiger partial charge in [-0.05, 0) is 42.7 Å². The Bertz CT molecular complexity index is 568. The molecule has 1 nitrogen and oxygen atoms in total. The molecule has 1 N–H and O–H groups in total. The van der Waals surface area contributed by atoms with Gasteiger partial charge in [-0.1, -0.05) is 46.3 Å². The first-order chi connectivity index (χ1) is 9.08. The van der Waals surface area contributed by atoms with E-state index in [0.717, 1.165) is 10.0 Å². The third-order valence-electron chi connectivity index (χ3n) is 3.27. The molecule has 0 aliphatic heterocycles. The fraction of sp³-hybridized carbons (Fsp3) is 0.250. The molecule has 2 aromatic carbocycles. The summed E-state index contributed by atoms with van der Waals surface area (Å²) in [5.41, 5.74) is 3.63. The average Bonchev–Trinajstić information content (AvgIpc) is 2.38. The van der Waals surface area contributed by atoms with E-state index in [4.69, 9.17) is 0 Å². The zero-order valence-corrected chi connectivity index (χ0v) is 12.7. The number of rotatable bonds is 4. The monoisotopic (exact) mass is 321 g/mol. The number of halogens is 2. The van der Waals surface area contributed by atoms with Crippen molar-refractivity contribution in [1.29, 1.82) is 0 Å². The Balaban J connectivity index is 2.04. The van der Waals surface area contributed by atoms with Crippen molar-refractivity contribution >= 4 is 15.9 Å². The Labute approximate surface area is 122 Å². The third kappa shape index (κ3) is 3.64. The first-order valence-corrected chi connectivity index (χ1v) is 7.10. The van der Waals surface area contributed by atoms with Crippen LogP contribution in [-0.2, 0) is 6.54 Å². The summed E-state index contributed by atoms with van der Waals surface area (Å²) in [6, 6.07) is 13.4. The summed E-state index contributed by atoms with van der Waals surface area (Å²) in [6.07, 6.45) is 0. The molecule has 0 saturated heterocycles. The van der Waals surface area contributed by atoms with Crippen molar-refractivity contribution in [2.75, 3.05) is 0 Å². The fourth-order valence-electron chi connectivity index (χ4n) is 2.11. The third-order valence-corrected chi connectivity index (χ3v) is 4.01. The Morgan fingerprint density at radius 2 is 1.95 bits per heavy atom. The molecule has 2 rings (SSSR count). The van der Waals surface area contributed by atoms with Crippen LogP contribution in [0.25, 0.3) is 0 Å². The van der Waals surface area contributed by atoms with Gasteiger partial charge < -0.3 is 5.32 Å². The normalized spacial score (nSPS) is 12.4. The zero-order chi connectivity index (χ0) is 13.8. The smallest absolute Gasteiger partial charge is 0.124 e. The van der Waals surface area contributed by atoms with E-state index in [1.54, 1.807) is 6.07 Å². The van der Waals surface area contributed by atoms with Gasteiger partial charge in [-0.25, -0.2) is 4.39 Å². The highest BCUT2D eigenvalue weighted by molar-refractivity contribution is 9.10. The molecule has 100 valence electrons. The molecule has 2 aromatic rings. The standard InChI is InChI=1S/C16H17BrFN/c1-11-5-3-4-6-15(11)12(2)19-10-13-7-8-14(18)9-16(13)17/h3-9,12,19H,10H2,1-2H3/t12-/m1/s1. The van der Waals surface area contributed by atoms with E-state index in [2.05, 4.69) is 47.2 Å². The summed E-state index contributed by atoms with van der Waals surface area (Å²) in [4.78, 5) is 0. The summed E-state index contributed by atoms with van der Waals surface area (Å²) < 4.78 is 13.8. The summed E-state index contributed by atoms with van der Waals surface area (Å²) in [7, 11) is 0. The van der Waals surface area contributed by atoms with Gasteiger partial charge in [-0.3, -0.25) is 0 Å². The predicted molar refractivity (Wildman–Crippen MR) is 80.5 cm³/mol. The van der Waals surface area contributed by atoms with E-state index in [0.29, 0.717) is 6.54 Å². The maximum Gasteiger partial charge on any atom is 0.124 e. The Hall–Kier alpha value is -1.19. The van der Waals surface area contributed by atoms with Gasteiger partial charge in [0.15, 0.2) is 0 Å². The number of benzene rings is 2. The van der Waals surface area contributed by atoms with E-state index in [9.17, 15) is 4.39 Å². The van der Waals surface area contributed by atoms with Crippen LogP contribution in [0, 0.1) is 12.7 Å². The highest BCUT2D eigenvalue weighted by Gasteiger charge is 2.08. The Kier molecular flexibility index (Phi) is 4.72. The van der Waals surface area contributed by atoms with Crippen LogP contribution in [0.1, 0.15) is 29.7 Å². The minimum absolute atomic E-state index is 0.220. The molecule has 0 radical (unpaired) electrons. The van der Waals surface area contributed by atoms with Gasteiger partial charge >= 0.3 is 0 Å². The average molecular weight is 322 g/mol. The lowest BCUT2D eigenvalue weighted by atomic mass is 10.0. The Morgan fingerprint density at radius 1 is 1.21 bits per heavy atom. The first-order valence-electron chi connectivity index (χ1n) is 6.31. The maximum atomic E-state index is 13.0. The molecule has 0 unspecified atom stereocenters. The van der Waals surface area contributed by atoms with E-state index in [1.165, 1.54) is 23.3 Å². The van der Waals surface area contributed by atoms with Crippen LogP contribution in [0.5, 0.6) is 0 Å². The van der Waals surface area contributed by atoms with E-state index in [1.807, 2.05) is 12.1 Å². The van der Waals surface area contributed by atoms with Crippen LogP contribution < -0.4 is 5.32 Å². The van der Waals surface area contributed by atoms with Gasteiger partial charge in [0, 0.05) is 17.1 Å². The minimum atomic E-state index is -0.220. The van der Waals surface area contributed by atoms with Crippen molar-refractivity contribution in [3.05, 3.63) is 69.4 Å². The van der Waals surface area contributed by atoms with Crippen molar-refractivity contribution < 1.29 is 4.39 Å². The topological polar surface area (TPSA) is 12.0 Å². The lowest BCUT2D eigenvalue weighted by molar-refractivity contribution is 0.569. The number of hydrogen-bond donors (Lipinski definition) is 1. The van der Waals surface area contributed by atoms with Gasteiger partial charge in [-0.2, -0.15) is 0 Å².